The first-order valence-electron chi connectivity index (χ1n) is 5.78. The smallest absolute Gasteiger partial charge is 0.162 e. The van der Waals surface area contributed by atoms with Gasteiger partial charge in [0.1, 0.15) is 5.82 Å². The summed E-state index contributed by atoms with van der Waals surface area (Å²) in [4.78, 5) is 0. The number of rotatable bonds is 4. The molecule has 0 bridgehead atoms. The van der Waals surface area contributed by atoms with Gasteiger partial charge >= 0.3 is 0 Å². The fourth-order valence-corrected chi connectivity index (χ4v) is 2.23. The number of benzene rings is 2. The molecule has 0 heterocycles. The number of nitrogens with two attached hydrogens (primary N) is 1. The maximum Gasteiger partial charge on any atom is 0.162 e. The number of ether oxygens (including phenoxy) is 2. The van der Waals surface area contributed by atoms with Crippen molar-refractivity contribution in [2.24, 2.45) is 0 Å². The summed E-state index contributed by atoms with van der Waals surface area (Å²) in [6.07, 6.45) is 0. The Morgan fingerprint density at radius 2 is 1.80 bits per heavy atom. The average Bonchev–Trinajstić information content (AvgIpc) is 2.44. The average molecular weight is 388 g/mol. The summed E-state index contributed by atoms with van der Waals surface area (Å²) in [6, 6.07) is 8.28. The van der Waals surface area contributed by atoms with Gasteiger partial charge in [0.25, 0.3) is 0 Å². The Labute approximate surface area is 130 Å². The third-order valence-electron chi connectivity index (χ3n) is 2.75. The van der Waals surface area contributed by atoms with Gasteiger partial charge in [0.05, 0.1) is 29.2 Å². The summed E-state index contributed by atoms with van der Waals surface area (Å²) in [6.45, 7) is 0. The largest absolute Gasteiger partial charge is 0.493 e. The van der Waals surface area contributed by atoms with Crippen LogP contribution in [-0.4, -0.2) is 14.2 Å². The number of methoxy groups -OCH3 is 2. The number of hydrogen-bond acceptors (Lipinski definition) is 4. The molecule has 0 aromatic heterocycles. The van der Waals surface area contributed by atoms with E-state index in [1.165, 1.54) is 6.07 Å². The lowest BCUT2D eigenvalue weighted by atomic mass is 10.2. The van der Waals surface area contributed by atoms with Crippen molar-refractivity contribution >= 4 is 39.7 Å². The van der Waals surface area contributed by atoms with E-state index in [1.807, 2.05) is 22.6 Å². The molecule has 106 valence electrons. The number of halogens is 2. The van der Waals surface area contributed by atoms with Crippen LogP contribution >= 0.6 is 22.6 Å². The number of nitrogen functional groups attached to an aromatic ring is 1. The van der Waals surface area contributed by atoms with Gasteiger partial charge in [-0.2, -0.15) is 0 Å². The lowest BCUT2D eigenvalue weighted by molar-refractivity contribution is 0.355. The molecular formula is C14H14FIN2O2. The summed E-state index contributed by atoms with van der Waals surface area (Å²) >= 11 is 1.90. The van der Waals surface area contributed by atoms with Gasteiger partial charge in [0.2, 0.25) is 0 Å². The van der Waals surface area contributed by atoms with Gasteiger partial charge in [-0.05, 0) is 40.8 Å². The Morgan fingerprint density at radius 1 is 1.10 bits per heavy atom. The van der Waals surface area contributed by atoms with Crippen LogP contribution in [0.15, 0.2) is 30.3 Å². The molecule has 0 aliphatic heterocycles. The SMILES string of the molecule is COc1ccc(Nc2cc(F)c(I)cc2N)cc1OC. The van der Waals surface area contributed by atoms with Crippen LogP contribution in [0.4, 0.5) is 21.5 Å². The van der Waals surface area contributed by atoms with Crippen molar-refractivity contribution in [1.29, 1.82) is 0 Å². The molecule has 0 radical (unpaired) electrons. The zero-order chi connectivity index (χ0) is 14.7. The van der Waals surface area contributed by atoms with Crippen molar-refractivity contribution < 1.29 is 13.9 Å². The highest BCUT2D eigenvalue weighted by atomic mass is 127. The molecule has 0 spiro atoms. The second-order valence-corrected chi connectivity index (χ2v) is 5.21. The highest BCUT2D eigenvalue weighted by Gasteiger charge is 2.08. The van der Waals surface area contributed by atoms with E-state index in [4.69, 9.17) is 15.2 Å². The van der Waals surface area contributed by atoms with Gasteiger partial charge in [-0.1, -0.05) is 0 Å². The van der Waals surface area contributed by atoms with Gasteiger partial charge in [-0.15, -0.1) is 0 Å². The Bertz CT molecular complexity index is 635. The van der Waals surface area contributed by atoms with Crippen molar-refractivity contribution in [3.8, 4) is 11.5 Å². The topological polar surface area (TPSA) is 56.5 Å². The molecule has 0 aliphatic carbocycles. The van der Waals surface area contributed by atoms with Crippen LogP contribution in [0.2, 0.25) is 0 Å². The van der Waals surface area contributed by atoms with E-state index < -0.39 is 0 Å². The van der Waals surface area contributed by atoms with Gasteiger partial charge < -0.3 is 20.5 Å². The van der Waals surface area contributed by atoms with E-state index in [2.05, 4.69) is 5.32 Å². The van der Waals surface area contributed by atoms with Crippen LogP contribution in [0.5, 0.6) is 11.5 Å². The highest BCUT2D eigenvalue weighted by molar-refractivity contribution is 14.1. The monoisotopic (exact) mass is 388 g/mol. The maximum absolute atomic E-state index is 13.6. The number of hydrogen-bond donors (Lipinski definition) is 2. The van der Waals surface area contributed by atoms with E-state index in [-0.39, 0.29) is 5.82 Å². The summed E-state index contributed by atoms with van der Waals surface area (Å²) in [5, 5.41) is 3.06. The number of nitrogens with one attached hydrogen (secondary N) is 1. The molecule has 6 heteroatoms. The standard InChI is InChI=1S/C14H14FIN2O2/c1-19-13-4-3-8(5-14(13)20-2)18-12-6-9(15)10(16)7-11(12)17/h3-7,18H,17H2,1-2H3. The summed E-state index contributed by atoms with van der Waals surface area (Å²) < 4.78 is 24.4. The van der Waals surface area contributed by atoms with E-state index >= 15 is 0 Å². The number of anilines is 3. The molecular weight excluding hydrogens is 374 g/mol. The van der Waals surface area contributed by atoms with E-state index in [9.17, 15) is 4.39 Å². The van der Waals surface area contributed by atoms with Crippen LogP contribution in [0.1, 0.15) is 0 Å². The first-order valence-corrected chi connectivity index (χ1v) is 6.86. The minimum Gasteiger partial charge on any atom is -0.493 e. The predicted octanol–water partition coefficient (Wildman–Crippen LogP) is 3.77. The van der Waals surface area contributed by atoms with Crippen molar-refractivity contribution in [2.75, 3.05) is 25.3 Å². The molecule has 0 saturated carbocycles. The van der Waals surface area contributed by atoms with Crippen LogP contribution in [0, 0.1) is 9.39 Å². The predicted molar refractivity (Wildman–Crippen MR) is 86.4 cm³/mol. The van der Waals surface area contributed by atoms with Gasteiger partial charge in [0, 0.05) is 17.8 Å². The van der Waals surface area contributed by atoms with Gasteiger partial charge in [0.15, 0.2) is 11.5 Å². The molecule has 2 rings (SSSR count). The fraction of sp³-hybridized carbons (Fsp3) is 0.143. The van der Waals surface area contributed by atoms with Crippen molar-refractivity contribution in [2.45, 2.75) is 0 Å². The summed E-state index contributed by atoms with van der Waals surface area (Å²) in [5.74, 6) is 0.893. The molecule has 0 aliphatic rings. The van der Waals surface area contributed by atoms with E-state index in [0.29, 0.717) is 26.4 Å². The first-order chi connectivity index (χ1) is 9.55. The molecule has 4 nitrogen and oxygen atoms in total. The van der Waals surface area contributed by atoms with E-state index in [1.54, 1.807) is 38.5 Å². The summed E-state index contributed by atoms with van der Waals surface area (Å²) in [5.41, 5.74) is 7.59. The van der Waals surface area contributed by atoms with Crippen LogP contribution in [-0.2, 0) is 0 Å². The van der Waals surface area contributed by atoms with Gasteiger partial charge in [-0.25, -0.2) is 4.39 Å². The zero-order valence-corrected chi connectivity index (χ0v) is 13.2. The maximum atomic E-state index is 13.6. The third kappa shape index (κ3) is 3.06. The molecule has 20 heavy (non-hydrogen) atoms. The molecule has 2 aromatic rings. The van der Waals surface area contributed by atoms with Crippen LogP contribution in [0.25, 0.3) is 0 Å². The van der Waals surface area contributed by atoms with Crippen molar-refractivity contribution in [1.82, 2.24) is 0 Å². The first kappa shape index (κ1) is 14.7. The van der Waals surface area contributed by atoms with Gasteiger partial charge in [-0.3, -0.25) is 0 Å². The minimum atomic E-state index is -0.317. The fourth-order valence-electron chi connectivity index (χ4n) is 1.74. The molecule has 0 fully saturated rings. The second-order valence-electron chi connectivity index (χ2n) is 4.05. The van der Waals surface area contributed by atoms with Crippen LogP contribution < -0.4 is 20.5 Å². The molecule has 0 saturated heterocycles. The quantitative estimate of drug-likeness (QED) is 0.619. The normalized spacial score (nSPS) is 10.2. The molecule has 0 unspecified atom stereocenters. The lowest BCUT2D eigenvalue weighted by Crippen LogP contribution is -1.99. The second kappa shape index (κ2) is 6.17. The molecule has 2 aromatic carbocycles. The van der Waals surface area contributed by atoms with Crippen LogP contribution in [0.3, 0.4) is 0 Å². The summed E-state index contributed by atoms with van der Waals surface area (Å²) in [7, 11) is 3.12. The highest BCUT2D eigenvalue weighted by Crippen LogP contribution is 2.33. The minimum absolute atomic E-state index is 0.317. The molecule has 0 amide bonds. The Balaban J connectivity index is 2.33. The van der Waals surface area contributed by atoms with Crippen molar-refractivity contribution in [3.63, 3.8) is 0 Å². The molecule has 3 N–H and O–H groups in total. The Morgan fingerprint density at radius 3 is 2.45 bits per heavy atom. The van der Waals surface area contributed by atoms with E-state index in [0.717, 1.165) is 5.69 Å². The Hall–Kier alpha value is -1.70. The third-order valence-corrected chi connectivity index (χ3v) is 3.58. The lowest BCUT2D eigenvalue weighted by Gasteiger charge is -2.13. The van der Waals surface area contributed by atoms with Crippen molar-refractivity contribution in [3.05, 3.63) is 39.7 Å². The molecule has 0 atom stereocenters. The zero-order valence-electron chi connectivity index (χ0n) is 11.0. The Kier molecular flexibility index (Phi) is 4.53.